The van der Waals surface area contributed by atoms with Gasteiger partial charge in [-0.05, 0) is 34.0 Å². The van der Waals surface area contributed by atoms with Crippen LogP contribution in [-0.4, -0.2) is 56.7 Å². The van der Waals surface area contributed by atoms with Crippen LogP contribution in [0.4, 0.5) is 0 Å². The minimum atomic E-state index is 0.663. The molecule has 0 rings (SSSR count). The molecular weight excluding hydrogens is 188 g/mol. The summed E-state index contributed by atoms with van der Waals surface area (Å²) >= 11 is 0. The van der Waals surface area contributed by atoms with Gasteiger partial charge in [0.2, 0.25) is 0 Å². The lowest BCUT2D eigenvalue weighted by Gasteiger charge is -2.26. The average Bonchev–Trinajstić information content (AvgIpc) is 2.20. The van der Waals surface area contributed by atoms with Gasteiger partial charge in [-0.15, -0.1) is 0 Å². The number of hydrogen-bond donors (Lipinski definition) is 2. The monoisotopic (exact) mass is 216 g/mol. The Hall–Kier alpha value is -0.160. The Morgan fingerprint density at radius 1 is 1.20 bits per heavy atom. The summed E-state index contributed by atoms with van der Waals surface area (Å²) in [4.78, 5) is 2.30. The Kier molecular flexibility index (Phi) is 9.00. The standard InChI is InChI=1S/C11H28N4/c1-5-6-11(14(3)4)7-9-15(12)10-8-13-2/h11,13H,5-10,12H2,1-4H3. The zero-order valence-corrected chi connectivity index (χ0v) is 10.8. The summed E-state index contributed by atoms with van der Waals surface area (Å²) in [5, 5.41) is 5.01. The first kappa shape index (κ1) is 14.8. The minimum Gasteiger partial charge on any atom is -0.318 e. The van der Waals surface area contributed by atoms with Gasteiger partial charge in [0.05, 0.1) is 0 Å². The van der Waals surface area contributed by atoms with Crippen LogP contribution >= 0.6 is 0 Å². The summed E-state index contributed by atoms with van der Waals surface area (Å²) in [6.45, 7) is 5.09. The molecule has 0 bridgehead atoms. The van der Waals surface area contributed by atoms with Gasteiger partial charge in [0.15, 0.2) is 0 Å². The van der Waals surface area contributed by atoms with E-state index in [1.807, 2.05) is 12.1 Å². The summed E-state index contributed by atoms with van der Waals surface area (Å²) in [6, 6.07) is 0.663. The molecule has 3 N–H and O–H groups in total. The first-order chi connectivity index (χ1) is 7.11. The topological polar surface area (TPSA) is 44.5 Å². The van der Waals surface area contributed by atoms with Gasteiger partial charge in [-0.2, -0.15) is 0 Å². The van der Waals surface area contributed by atoms with Crippen LogP contribution in [0.1, 0.15) is 26.2 Å². The zero-order valence-electron chi connectivity index (χ0n) is 10.8. The Morgan fingerprint density at radius 3 is 2.33 bits per heavy atom. The Labute approximate surface area is 94.8 Å². The summed E-state index contributed by atoms with van der Waals surface area (Å²) in [5.74, 6) is 5.88. The highest BCUT2D eigenvalue weighted by molar-refractivity contribution is 4.67. The normalized spacial score (nSPS) is 13.8. The Bertz CT molecular complexity index is 139. The first-order valence-electron chi connectivity index (χ1n) is 5.92. The quantitative estimate of drug-likeness (QED) is 0.435. The molecule has 0 amide bonds. The van der Waals surface area contributed by atoms with E-state index in [4.69, 9.17) is 5.84 Å². The van der Waals surface area contributed by atoms with E-state index in [-0.39, 0.29) is 0 Å². The molecule has 0 radical (unpaired) electrons. The van der Waals surface area contributed by atoms with Crippen molar-refractivity contribution in [1.82, 2.24) is 15.2 Å². The second kappa shape index (κ2) is 9.09. The van der Waals surface area contributed by atoms with Gasteiger partial charge in [0.25, 0.3) is 0 Å². The minimum absolute atomic E-state index is 0.663. The molecule has 0 saturated heterocycles. The summed E-state index contributed by atoms with van der Waals surface area (Å²) in [6.07, 6.45) is 3.65. The maximum absolute atomic E-state index is 5.88. The highest BCUT2D eigenvalue weighted by atomic mass is 15.4. The smallest absolute Gasteiger partial charge is 0.0253 e. The van der Waals surface area contributed by atoms with Crippen LogP contribution in [0.25, 0.3) is 0 Å². The van der Waals surface area contributed by atoms with Gasteiger partial charge in [-0.25, -0.2) is 5.01 Å². The molecule has 0 aliphatic heterocycles. The molecule has 0 heterocycles. The van der Waals surface area contributed by atoms with Gasteiger partial charge in [-0.1, -0.05) is 13.3 Å². The highest BCUT2D eigenvalue weighted by Crippen LogP contribution is 2.07. The fraction of sp³-hybridized carbons (Fsp3) is 1.00. The molecule has 0 saturated carbocycles. The maximum atomic E-state index is 5.88. The van der Waals surface area contributed by atoms with Crippen molar-refractivity contribution in [3.63, 3.8) is 0 Å². The van der Waals surface area contributed by atoms with Crippen molar-refractivity contribution in [2.45, 2.75) is 32.2 Å². The Morgan fingerprint density at radius 2 is 1.87 bits per heavy atom. The van der Waals surface area contributed by atoms with Crippen LogP contribution in [0, 0.1) is 0 Å². The van der Waals surface area contributed by atoms with Crippen LogP contribution in [-0.2, 0) is 0 Å². The molecule has 0 fully saturated rings. The Balaban J connectivity index is 3.68. The van der Waals surface area contributed by atoms with E-state index in [0.717, 1.165) is 26.1 Å². The number of likely N-dealkylation sites (N-methyl/N-ethyl adjacent to an activating group) is 1. The van der Waals surface area contributed by atoms with Crippen molar-refractivity contribution in [2.75, 3.05) is 40.8 Å². The summed E-state index contributed by atoms with van der Waals surface area (Å²) < 4.78 is 0. The number of nitrogens with one attached hydrogen (secondary N) is 1. The fourth-order valence-electron chi connectivity index (χ4n) is 1.68. The van der Waals surface area contributed by atoms with Crippen LogP contribution in [0.3, 0.4) is 0 Å². The van der Waals surface area contributed by atoms with E-state index in [1.165, 1.54) is 12.8 Å². The van der Waals surface area contributed by atoms with Crippen LogP contribution in [0.15, 0.2) is 0 Å². The van der Waals surface area contributed by atoms with Crippen molar-refractivity contribution in [2.24, 2.45) is 5.84 Å². The largest absolute Gasteiger partial charge is 0.318 e. The predicted octanol–water partition coefficient (Wildman–Crippen LogP) is 0.502. The molecule has 0 aromatic carbocycles. The fourth-order valence-corrected chi connectivity index (χ4v) is 1.68. The first-order valence-corrected chi connectivity index (χ1v) is 5.92. The van der Waals surface area contributed by atoms with E-state index >= 15 is 0 Å². The SMILES string of the molecule is CCCC(CCN(N)CCNC)N(C)C. The molecule has 0 aliphatic carbocycles. The van der Waals surface area contributed by atoms with Crippen molar-refractivity contribution in [1.29, 1.82) is 0 Å². The zero-order chi connectivity index (χ0) is 11.7. The van der Waals surface area contributed by atoms with Crippen molar-refractivity contribution >= 4 is 0 Å². The molecule has 1 atom stereocenters. The van der Waals surface area contributed by atoms with Crippen LogP contribution in [0.5, 0.6) is 0 Å². The second-order valence-electron chi connectivity index (χ2n) is 4.33. The molecule has 0 aliphatic rings. The summed E-state index contributed by atoms with van der Waals surface area (Å²) in [5.41, 5.74) is 0. The van der Waals surface area contributed by atoms with Crippen molar-refractivity contribution in [3.05, 3.63) is 0 Å². The van der Waals surface area contributed by atoms with E-state index < -0.39 is 0 Å². The van der Waals surface area contributed by atoms with E-state index in [9.17, 15) is 0 Å². The number of hydrogen-bond acceptors (Lipinski definition) is 4. The summed E-state index contributed by atoms with van der Waals surface area (Å²) in [7, 11) is 6.25. The van der Waals surface area contributed by atoms with Crippen LogP contribution < -0.4 is 11.2 Å². The lowest BCUT2D eigenvalue weighted by atomic mass is 10.1. The predicted molar refractivity (Wildman–Crippen MR) is 66.7 cm³/mol. The molecule has 92 valence electrons. The van der Waals surface area contributed by atoms with E-state index in [2.05, 4.69) is 31.2 Å². The van der Waals surface area contributed by atoms with E-state index in [1.54, 1.807) is 0 Å². The highest BCUT2D eigenvalue weighted by Gasteiger charge is 2.10. The van der Waals surface area contributed by atoms with Gasteiger partial charge in [-0.3, -0.25) is 5.84 Å². The third-order valence-electron chi connectivity index (χ3n) is 2.75. The van der Waals surface area contributed by atoms with Gasteiger partial charge >= 0.3 is 0 Å². The second-order valence-corrected chi connectivity index (χ2v) is 4.33. The van der Waals surface area contributed by atoms with E-state index in [0.29, 0.717) is 6.04 Å². The molecule has 15 heavy (non-hydrogen) atoms. The third kappa shape index (κ3) is 7.73. The lowest BCUT2D eigenvalue weighted by Crippen LogP contribution is -2.40. The lowest BCUT2D eigenvalue weighted by molar-refractivity contribution is 0.209. The molecular formula is C11H28N4. The van der Waals surface area contributed by atoms with Gasteiger partial charge in [0, 0.05) is 25.7 Å². The molecule has 1 unspecified atom stereocenters. The molecule has 0 spiro atoms. The number of nitrogens with zero attached hydrogens (tertiary/aromatic N) is 2. The number of nitrogens with two attached hydrogens (primary N) is 1. The third-order valence-corrected chi connectivity index (χ3v) is 2.75. The molecule has 4 nitrogen and oxygen atoms in total. The molecule has 0 aromatic rings. The van der Waals surface area contributed by atoms with Crippen molar-refractivity contribution < 1.29 is 0 Å². The van der Waals surface area contributed by atoms with Crippen LogP contribution in [0.2, 0.25) is 0 Å². The average molecular weight is 216 g/mol. The van der Waals surface area contributed by atoms with Gasteiger partial charge < -0.3 is 10.2 Å². The van der Waals surface area contributed by atoms with Gasteiger partial charge in [0.1, 0.15) is 0 Å². The molecule has 4 heteroatoms. The number of hydrazine groups is 1. The number of rotatable bonds is 9. The molecule has 0 aromatic heterocycles. The maximum Gasteiger partial charge on any atom is 0.0253 e. The van der Waals surface area contributed by atoms with Crippen molar-refractivity contribution in [3.8, 4) is 0 Å².